The van der Waals surface area contributed by atoms with Crippen molar-refractivity contribution in [2.75, 3.05) is 36.5 Å². The Morgan fingerprint density at radius 1 is 1.12 bits per heavy atom. The molecular formula is C19H22N4O3. The van der Waals surface area contributed by atoms with Crippen molar-refractivity contribution in [2.45, 2.75) is 19.3 Å². The van der Waals surface area contributed by atoms with Crippen molar-refractivity contribution in [1.29, 1.82) is 0 Å². The first-order chi connectivity index (χ1) is 12.8. The maximum Gasteiger partial charge on any atom is 0.229 e. The van der Waals surface area contributed by atoms with E-state index in [1.54, 1.807) is 18.5 Å². The molecule has 0 aliphatic carbocycles. The molecule has 1 atom stereocenters. The lowest BCUT2D eigenvalue weighted by Gasteiger charge is -2.31. The molecule has 1 N–H and O–H groups in total. The molecule has 1 aromatic carbocycles. The summed E-state index contributed by atoms with van der Waals surface area (Å²) in [4.78, 5) is 23.4. The van der Waals surface area contributed by atoms with E-state index >= 15 is 0 Å². The van der Waals surface area contributed by atoms with Gasteiger partial charge in [0.1, 0.15) is 0 Å². The molecule has 7 nitrogen and oxygen atoms in total. The summed E-state index contributed by atoms with van der Waals surface area (Å²) < 4.78 is 11.3. The highest BCUT2D eigenvalue weighted by Gasteiger charge is 2.27. The number of nitrogens with one attached hydrogen (secondary N) is 1. The monoisotopic (exact) mass is 354 g/mol. The smallest absolute Gasteiger partial charge is 0.229 e. The highest BCUT2D eigenvalue weighted by molar-refractivity contribution is 5.93. The molecule has 4 rings (SSSR count). The number of nitrogens with zero attached hydrogens (tertiary/aromatic N) is 3. The van der Waals surface area contributed by atoms with Crippen LogP contribution >= 0.6 is 0 Å². The van der Waals surface area contributed by atoms with Crippen molar-refractivity contribution in [3.8, 4) is 11.5 Å². The van der Waals surface area contributed by atoms with Crippen molar-refractivity contribution in [3.63, 3.8) is 0 Å². The van der Waals surface area contributed by atoms with E-state index in [4.69, 9.17) is 9.47 Å². The lowest BCUT2D eigenvalue weighted by molar-refractivity contribution is -0.120. The maximum atomic E-state index is 12.7. The summed E-state index contributed by atoms with van der Waals surface area (Å²) >= 11 is 0. The fraction of sp³-hybridized carbons (Fsp3) is 0.421. The van der Waals surface area contributed by atoms with Crippen LogP contribution in [0.3, 0.4) is 0 Å². The molecule has 0 saturated carbocycles. The van der Waals surface area contributed by atoms with Crippen LogP contribution in [0.5, 0.6) is 11.5 Å². The molecule has 2 aliphatic rings. The number of aromatic nitrogens is 2. The largest absolute Gasteiger partial charge is 0.490 e. The van der Waals surface area contributed by atoms with Gasteiger partial charge in [-0.05, 0) is 31.0 Å². The van der Waals surface area contributed by atoms with Crippen LogP contribution in [0.4, 0.5) is 11.6 Å². The molecular weight excluding hydrogens is 332 g/mol. The van der Waals surface area contributed by atoms with E-state index in [1.165, 1.54) is 0 Å². The van der Waals surface area contributed by atoms with Crippen molar-refractivity contribution in [3.05, 3.63) is 36.7 Å². The van der Waals surface area contributed by atoms with E-state index in [2.05, 4.69) is 20.2 Å². The number of carbonyl (C=O) groups is 1. The van der Waals surface area contributed by atoms with Gasteiger partial charge in [0.15, 0.2) is 11.5 Å². The van der Waals surface area contributed by atoms with Crippen LogP contribution in [0.15, 0.2) is 36.7 Å². The minimum absolute atomic E-state index is 0.0140. The molecule has 7 heteroatoms. The molecule has 0 radical (unpaired) electrons. The Balaban J connectivity index is 1.42. The van der Waals surface area contributed by atoms with Gasteiger partial charge in [-0.3, -0.25) is 4.79 Å². The van der Waals surface area contributed by atoms with Gasteiger partial charge in [-0.2, -0.15) is 0 Å². The van der Waals surface area contributed by atoms with Crippen molar-refractivity contribution < 1.29 is 14.3 Å². The first-order valence-electron chi connectivity index (χ1n) is 9.02. The zero-order chi connectivity index (χ0) is 17.8. The van der Waals surface area contributed by atoms with Crippen molar-refractivity contribution >= 4 is 17.5 Å². The van der Waals surface area contributed by atoms with Crippen LogP contribution in [-0.4, -0.2) is 42.2 Å². The van der Waals surface area contributed by atoms with E-state index < -0.39 is 0 Å². The molecule has 136 valence electrons. The molecule has 0 bridgehead atoms. The predicted octanol–water partition coefficient (Wildman–Crippen LogP) is 2.49. The average molecular weight is 354 g/mol. The molecule has 26 heavy (non-hydrogen) atoms. The van der Waals surface area contributed by atoms with Crippen LogP contribution in [-0.2, 0) is 4.79 Å². The van der Waals surface area contributed by atoms with Crippen LogP contribution in [0.25, 0.3) is 0 Å². The highest BCUT2D eigenvalue weighted by atomic mass is 16.5. The molecule has 1 saturated heterocycles. The van der Waals surface area contributed by atoms with Gasteiger partial charge >= 0.3 is 0 Å². The van der Waals surface area contributed by atoms with E-state index in [0.29, 0.717) is 31.5 Å². The Bertz CT molecular complexity index is 769. The zero-order valence-corrected chi connectivity index (χ0v) is 14.6. The Morgan fingerprint density at radius 3 is 2.77 bits per heavy atom. The summed E-state index contributed by atoms with van der Waals surface area (Å²) in [6.45, 7) is 2.77. The first-order valence-corrected chi connectivity index (χ1v) is 9.02. The molecule has 2 aliphatic heterocycles. The third kappa shape index (κ3) is 3.71. The van der Waals surface area contributed by atoms with Gasteiger partial charge in [0.05, 0.1) is 19.1 Å². The number of hydrogen-bond donors (Lipinski definition) is 1. The van der Waals surface area contributed by atoms with Crippen LogP contribution < -0.4 is 19.7 Å². The molecule has 2 aromatic rings. The fourth-order valence-corrected chi connectivity index (χ4v) is 3.31. The van der Waals surface area contributed by atoms with Gasteiger partial charge < -0.3 is 19.7 Å². The first kappa shape index (κ1) is 16.6. The summed E-state index contributed by atoms with van der Waals surface area (Å²) in [5.41, 5.74) is 0.729. The number of piperidine rings is 1. The highest BCUT2D eigenvalue weighted by Crippen LogP contribution is 2.32. The topological polar surface area (TPSA) is 76.6 Å². The van der Waals surface area contributed by atoms with E-state index in [9.17, 15) is 4.79 Å². The number of hydrogen-bond acceptors (Lipinski definition) is 6. The molecule has 1 aromatic heterocycles. The summed E-state index contributed by atoms with van der Waals surface area (Å²) in [5.74, 6) is 2.01. The number of benzene rings is 1. The summed E-state index contributed by atoms with van der Waals surface area (Å²) in [7, 11) is 0. The van der Waals surface area contributed by atoms with Gasteiger partial charge in [0.2, 0.25) is 11.9 Å². The second-order valence-corrected chi connectivity index (χ2v) is 6.54. The third-order valence-electron chi connectivity index (χ3n) is 4.64. The standard InChI is InChI=1S/C19H22N4O3/c24-18(14-4-1-9-23(13-14)19-20-7-2-8-21-19)22-15-5-6-16-17(12-15)26-11-3-10-25-16/h2,5-8,12,14H,1,3-4,9-11,13H2,(H,22,24). The Hall–Kier alpha value is -2.83. The maximum absolute atomic E-state index is 12.7. The van der Waals surface area contributed by atoms with Crippen molar-refractivity contribution in [2.24, 2.45) is 5.92 Å². The Kier molecular flexibility index (Phi) is 4.86. The second kappa shape index (κ2) is 7.59. The quantitative estimate of drug-likeness (QED) is 0.913. The van der Waals surface area contributed by atoms with Gasteiger partial charge in [0.25, 0.3) is 0 Å². The number of anilines is 2. The average Bonchev–Trinajstić information content (AvgIpc) is 2.94. The van der Waals surface area contributed by atoms with E-state index in [-0.39, 0.29) is 11.8 Å². The third-order valence-corrected chi connectivity index (χ3v) is 4.64. The molecule has 0 spiro atoms. The molecule has 1 unspecified atom stereocenters. The van der Waals surface area contributed by atoms with Crippen LogP contribution in [0.2, 0.25) is 0 Å². The Labute approximate surface area is 152 Å². The van der Waals surface area contributed by atoms with Gasteiger partial charge in [0, 0.05) is 43.7 Å². The molecule has 3 heterocycles. The second-order valence-electron chi connectivity index (χ2n) is 6.54. The minimum Gasteiger partial charge on any atom is -0.490 e. The molecule has 1 amide bonds. The fourth-order valence-electron chi connectivity index (χ4n) is 3.31. The normalized spacial score (nSPS) is 19.5. The number of amides is 1. The number of ether oxygens (including phenoxy) is 2. The van der Waals surface area contributed by atoms with Crippen LogP contribution in [0, 0.1) is 5.92 Å². The summed E-state index contributed by atoms with van der Waals surface area (Å²) in [5, 5.41) is 3.01. The van der Waals surface area contributed by atoms with Crippen molar-refractivity contribution in [1.82, 2.24) is 9.97 Å². The van der Waals surface area contributed by atoms with E-state index in [0.717, 1.165) is 37.2 Å². The number of rotatable bonds is 3. The van der Waals surface area contributed by atoms with Crippen LogP contribution in [0.1, 0.15) is 19.3 Å². The number of carbonyl (C=O) groups excluding carboxylic acids is 1. The van der Waals surface area contributed by atoms with Gasteiger partial charge in [-0.25, -0.2) is 9.97 Å². The lowest BCUT2D eigenvalue weighted by atomic mass is 9.97. The molecule has 1 fully saturated rings. The lowest BCUT2D eigenvalue weighted by Crippen LogP contribution is -2.41. The zero-order valence-electron chi connectivity index (χ0n) is 14.6. The predicted molar refractivity (Wildman–Crippen MR) is 97.6 cm³/mol. The summed E-state index contributed by atoms with van der Waals surface area (Å²) in [6.07, 6.45) is 6.11. The number of fused-ring (bicyclic) bond motifs is 1. The minimum atomic E-state index is -0.0939. The van der Waals surface area contributed by atoms with Gasteiger partial charge in [-0.1, -0.05) is 0 Å². The van der Waals surface area contributed by atoms with Gasteiger partial charge in [-0.15, -0.1) is 0 Å². The Morgan fingerprint density at radius 2 is 1.92 bits per heavy atom. The summed E-state index contributed by atoms with van der Waals surface area (Å²) in [6, 6.07) is 7.33. The SMILES string of the molecule is O=C(Nc1ccc2c(c1)OCCCO2)C1CCCN(c2ncccn2)C1. The van der Waals surface area contributed by atoms with E-state index in [1.807, 2.05) is 18.2 Å².